The van der Waals surface area contributed by atoms with Gasteiger partial charge in [0.25, 0.3) is 0 Å². The number of aryl methyl sites for hydroxylation is 1. The summed E-state index contributed by atoms with van der Waals surface area (Å²) >= 11 is 5.90. The van der Waals surface area contributed by atoms with Crippen molar-refractivity contribution < 1.29 is 25.2 Å². The van der Waals surface area contributed by atoms with Crippen LogP contribution in [0.15, 0.2) is 24.3 Å². The molecule has 0 amide bonds. The molecule has 2 rings (SSSR count). The number of hydrogen-bond donors (Lipinski definition) is 4. The summed E-state index contributed by atoms with van der Waals surface area (Å²) in [5.74, 6) is 0. The fourth-order valence-electron chi connectivity index (χ4n) is 2.42. The molecule has 5 nitrogen and oxygen atoms in total. The summed E-state index contributed by atoms with van der Waals surface area (Å²) in [5, 5.41) is 39.0. The van der Waals surface area contributed by atoms with E-state index in [1.165, 1.54) is 0 Å². The van der Waals surface area contributed by atoms with Gasteiger partial charge in [-0.3, -0.25) is 0 Å². The maximum absolute atomic E-state index is 9.91. The molecule has 0 saturated carbocycles. The number of benzene rings is 1. The van der Waals surface area contributed by atoms with Crippen LogP contribution in [-0.4, -0.2) is 57.6 Å². The predicted molar refractivity (Wildman–Crippen MR) is 73.5 cm³/mol. The van der Waals surface area contributed by atoms with E-state index < -0.39 is 37.1 Å². The molecule has 0 bridgehead atoms. The average molecular weight is 303 g/mol. The molecule has 20 heavy (non-hydrogen) atoms. The van der Waals surface area contributed by atoms with E-state index in [2.05, 4.69) is 0 Å². The largest absolute Gasteiger partial charge is 0.394 e. The van der Waals surface area contributed by atoms with Crippen LogP contribution < -0.4 is 0 Å². The van der Waals surface area contributed by atoms with Gasteiger partial charge in [-0.15, -0.1) is 0 Å². The molecule has 112 valence electrons. The van der Waals surface area contributed by atoms with Crippen molar-refractivity contribution in [3.63, 3.8) is 0 Å². The Hall–Kier alpha value is -0.690. The van der Waals surface area contributed by atoms with Crippen LogP contribution in [0.3, 0.4) is 0 Å². The molecule has 0 aliphatic carbocycles. The SMILES string of the molecule is OC[C@H]1OC(CCc2cccc(Cl)c2)[C@H](O)[C@@H](O)[C@@H]1O. The van der Waals surface area contributed by atoms with Gasteiger partial charge in [0.2, 0.25) is 0 Å². The van der Waals surface area contributed by atoms with Crippen molar-refractivity contribution in [2.45, 2.75) is 43.4 Å². The van der Waals surface area contributed by atoms with Crippen molar-refractivity contribution in [3.8, 4) is 0 Å². The lowest BCUT2D eigenvalue weighted by Gasteiger charge is -2.40. The summed E-state index contributed by atoms with van der Waals surface area (Å²) in [6.07, 6.45) is -4.21. The van der Waals surface area contributed by atoms with Crippen LogP contribution in [0.5, 0.6) is 0 Å². The first-order chi connectivity index (χ1) is 9.52. The minimum absolute atomic E-state index is 0.404. The number of halogens is 1. The van der Waals surface area contributed by atoms with Crippen molar-refractivity contribution in [3.05, 3.63) is 34.9 Å². The van der Waals surface area contributed by atoms with Crippen molar-refractivity contribution in [1.29, 1.82) is 0 Å². The van der Waals surface area contributed by atoms with Gasteiger partial charge in [0.1, 0.15) is 24.4 Å². The summed E-state index contributed by atoms with van der Waals surface area (Å²) in [7, 11) is 0. The molecule has 1 aromatic carbocycles. The topological polar surface area (TPSA) is 90.2 Å². The minimum atomic E-state index is -1.31. The van der Waals surface area contributed by atoms with Crippen LogP contribution in [0.1, 0.15) is 12.0 Å². The molecule has 0 spiro atoms. The lowest BCUT2D eigenvalue weighted by Crippen LogP contribution is -2.58. The predicted octanol–water partition coefficient (Wildman–Crippen LogP) is 0.115. The molecular weight excluding hydrogens is 284 g/mol. The van der Waals surface area contributed by atoms with Crippen LogP contribution in [0, 0.1) is 0 Å². The average Bonchev–Trinajstić information content (AvgIpc) is 2.44. The van der Waals surface area contributed by atoms with Gasteiger partial charge in [-0.25, -0.2) is 0 Å². The summed E-state index contributed by atoms with van der Waals surface area (Å²) in [6.45, 7) is -0.404. The standard InChI is InChI=1S/C14H19ClO5/c15-9-3-1-2-8(6-9)4-5-10-12(17)14(19)13(18)11(7-16)20-10/h1-3,6,10-14,16-19H,4-5,7H2/t10?,11-,12+,13-,14-/m1/s1. The number of aliphatic hydroxyl groups is 4. The Balaban J connectivity index is 1.97. The highest BCUT2D eigenvalue weighted by Crippen LogP contribution is 2.24. The zero-order chi connectivity index (χ0) is 14.7. The van der Waals surface area contributed by atoms with Gasteiger partial charge in [0.05, 0.1) is 12.7 Å². The Labute approximate surface area is 122 Å². The molecule has 1 saturated heterocycles. The highest BCUT2D eigenvalue weighted by Gasteiger charge is 2.42. The molecule has 0 radical (unpaired) electrons. The van der Waals surface area contributed by atoms with Crippen LogP contribution in [0.2, 0.25) is 5.02 Å². The zero-order valence-corrected chi connectivity index (χ0v) is 11.6. The van der Waals surface area contributed by atoms with Gasteiger partial charge in [0, 0.05) is 5.02 Å². The third-order valence-corrected chi connectivity index (χ3v) is 3.83. The van der Waals surface area contributed by atoms with Crippen molar-refractivity contribution in [2.24, 2.45) is 0 Å². The van der Waals surface area contributed by atoms with E-state index in [1.54, 1.807) is 6.07 Å². The van der Waals surface area contributed by atoms with Gasteiger partial charge in [0.15, 0.2) is 0 Å². The van der Waals surface area contributed by atoms with Gasteiger partial charge < -0.3 is 25.2 Å². The fourth-order valence-corrected chi connectivity index (χ4v) is 2.63. The molecule has 1 heterocycles. The van der Waals surface area contributed by atoms with Crippen LogP contribution in [-0.2, 0) is 11.2 Å². The summed E-state index contributed by atoms with van der Waals surface area (Å²) < 4.78 is 5.44. The third-order valence-electron chi connectivity index (χ3n) is 3.60. The van der Waals surface area contributed by atoms with E-state index in [9.17, 15) is 15.3 Å². The number of rotatable bonds is 4. The first-order valence-corrected chi connectivity index (χ1v) is 6.95. The van der Waals surface area contributed by atoms with Crippen LogP contribution >= 0.6 is 11.6 Å². The van der Waals surface area contributed by atoms with Crippen LogP contribution in [0.4, 0.5) is 0 Å². The van der Waals surface area contributed by atoms with E-state index >= 15 is 0 Å². The fraction of sp³-hybridized carbons (Fsp3) is 0.571. The lowest BCUT2D eigenvalue weighted by atomic mass is 9.92. The van der Waals surface area contributed by atoms with E-state index in [1.807, 2.05) is 18.2 Å². The molecule has 1 aliphatic rings. The monoisotopic (exact) mass is 302 g/mol. The van der Waals surface area contributed by atoms with Gasteiger partial charge in [-0.05, 0) is 30.5 Å². The second-order valence-electron chi connectivity index (χ2n) is 5.04. The zero-order valence-electron chi connectivity index (χ0n) is 10.9. The van der Waals surface area contributed by atoms with Crippen LogP contribution in [0.25, 0.3) is 0 Å². The second-order valence-corrected chi connectivity index (χ2v) is 5.47. The quantitative estimate of drug-likeness (QED) is 0.634. The molecule has 6 heteroatoms. The smallest absolute Gasteiger partial charge is 0.111 e. The van der Waals surface area contributed by atoms with Crippen molar-refractivity contribution >= 4 is 11.6 Å². The lowest BCUT2D eigenvalue weighted by molar-refractivity contribution is -0.230. The highest BCUT2D eigenvalue weighted by atomic mass is 35.5. The highest BCUT2D eigenvalue weighted by molar-refractivity contribution is 6.30. The first-order valence-electron chi connectivity index (χ1n) is 6.58. The van der Waals surface area contributed by atoms with E-state index in [0.29, 0.717) is 17.9 Å². The summed E-state index contributed by atoms with van der Waals surface area (Å²) in [6, 6.07) is 7.35. The summed E-state index contributed by atoms with van der Waals surface area (Å²) in [4.78, 5) is 0. The molecule has 5 atom stereocenters. The van der Waals surface area contributed by atoms with E-state index in [-0.39, 0.29) is 0 Å². The Kier molecular flexibility index (Phi) is 5.37. The first kappa shape index (κ1) is 15.7. The Bertz CT molecular complexity index is 439. The van der Waals surface area contributed by atoms with Gasteiger partial charge in [-0.1, -0.05) is 23.7 Å². The van der Waals surface area contributed by atoms with Crippen molar-refractivity contribution in [2.75, 3.05) is 6.61 Å². The van der Waals surface area contributed by atoms with Gasteiger partial charge in [-0.2, -0.15) is 0 Å². The molecule has 1 unspecified atom stereocenters. The molecule has 1 aromatic rings. The molecule has 4 N–H and O–H groups in total. The third kappa shape index (κ3) is 3.49. The van der Waals surface area contributed by atoms with E-state index in [4.69, 9.17) is 21.4 Å². The number of hydrogen-bond acceptors (Lipinski definition) is 5. The van der Waals surface area contributed by atoms with Crippen molar-refractivity contribution in [1.82, 2.24) is 0 Å². The Morgan fingerprint density at radius 2 is 1.75 bits per heavy atom. The summed E-state index contributed by atoms with van der Waals surface area (Å²) in [5.41, 5.74) is 0.995. The maximum atomic E-state index is 9.91. The maximum Gasteiger partial charge on any atom is 0.111 e. The Morgan fingerprint density at radius 1 is 1.05 bits per heavy atom. The number of ether oxygens (including phenoxy) is 1. The number of aliphatic hydroxyl groups excluding tert-OH is 4. The molecule has 0 aromatic heterocycles. The second kappa shape index (κ2) is 6.85. The molecule has 1 aliphatic heterocycles. The molecule has 1 fully saturated rings. The molecular formula is C14H19ClO5. The normalized spacial score (nSPS) is 34.1. The van der Waals surface area contributed by atoms with Gasteiger partial charge >= 0.3 is 0 Å². The van der Waals surface area contributed by atoms with E-state index in [0.717, 1.165) is 5.56 Å². The Morgan fingerprint density at radius 3 is 2.40 bits per heavy atom. The minimum Gasteiger partial charge on any atom is -0.394 e.